The second-order valence-electron chi connectivity index (χ2n) is 16.4. The maximum atomic E-state index is 6.48. The Bertz CT molecular complexity index is 3450. The fourth-order valence-electron chi connectivity index (χ4n) is 9.54. The van der Waals surface area contributed by atoms with Crippen molar-refractivity contribution in [3.8, 4) is 67.5 Å². The summed E-state index contributed by atoms with van der Waals surface area (Å²) in [6.45, 7) is 4.69. The SMILES string of the molecule is CC1(C)c2ccccc2-c2c(-c3ccc4c(ccc5cc(-c6ccc7oc8cccc(-c9nc(-c%10ccccc%10)nc(-c%10ccccc%10)n9)c8c7c6)ccc54)c3)cccc21. The van der Waals surface area contributed by atoms with Crippen LogP contribution in [0, 0.1) is 0 Å². The van der Waals surface area contributed by atoms with Gasteiger partial charge in [-0.05, 0) is 96.4 Å². The predicted molar refractivity (Wildman–Crippen MR) is 247 cm³/mol. The standard InChI is InChI=1S/C56H37N3O/c1-56(2)47-20-10-9-17-44(47)51-43(18-11-21-48(51)56)40-26-29-42-39(32-40)24-23-38-31-36(25-28-41(38)42)37-27-30-49-46(33-37)52-45(19-12-22-50(52)60-49)55-58-53(34-13-5-3-6-14-34)57-54(59-55)35-15-7-4-8-16-35/h3-33H,1-2H3. The number of nitrogens with zero attached hydrogens (tertiary/aromatic N) is 3. The van der Waals surface area contributed by atoms with Crippen LogP contribution in [0.25, 0.3) is 111 Å². The summed E-state index contributed by atoms with van der Waals surface area (Å²) in [5.41, 5.74) is 14.6. The lowest BCUT2D eigenvalue weighted by Gasteiger charge is -2.21. The highest BCUT2D eigenvalue weighted by Gasteiger charge is 2.36. The van der Waals surface area contributed by atoms with E-state index in [0.717, 1.165) is 49.8 Å². The Morgan fingerprint density at radius 1 is 0.367 bits per heavy atom. The van der Waals surface area contributed by atoms with E-state index in [9.17, 15) is 0 Å². The zero-order chi connectivity index (χ0) is 40.0. The lowest BCUT2D eigenvalue weighted by molar-refractivity contribution is 0.660. The summed E-state index contributed by atoms with van der Waals surface area (Å²) in [6, 6.07) is 66.8. The average molecular weight is 768 g/mol. The molecule has 0 unspecified atom stereocenters. The first-order valence-corrected chi connectivity index (χ1v) is 20.5. The lowest BCUT2D eigenvalue weighted by atomic mass is 9.82. The summed E-state index contributed by atoms with van der Waals surface area (Å²) in [4.78, 5) is 15.1. The summed E-state index contributed by atoms with van der Waals surface area (Å²) in [7, 11) is 0. The van der Waals surface area contributed by atoms with Crippen molar-refractivity contribution >= 4 is 43.5 Å². The van der Waals surface area contributed by atoms with E-state index in [1.54, 1.807) is 0 Å². The summed E-state index contributed by atoms with van der Waals surface area (Å²) < 4.78 is 6.48. The monoisotopic (exact) mass is 767 g/mol. The minimum Gasteiger partial charge on any atom is -0.456 e. The Kier molecular flexibility index (Phi) is 7.54. The average Bonchev–Trinajstić information content (AvgIpc) is 3.80. The van der Waals surface area contributed by atoms with Crippen molar-refractivity contribution in [3.05, 3.63) is 199 Å². The van der Waals surface area contributed by atoms with Gasteiger partial charge in [0.2, 0.25) is 0 Å². The van der Waals surface area contributed by atoms with Gasteiger partial charge >= 0.3 is 0 Å². The van der Waals surface area contributed by atoms with Crippen LogP contribution < -0.4 is 0 Å². The van der Waals surface area contributed by atoms with Gasteiger partial charge in [0, 0.05) is 32.9 Å². The second-order valence-corrected chi connectivity index (χ2v) is 16.4. The quantitative estimate of drug-likeness (QED) is 0.164. The van der Waals surface area contributed by atoms with E-state index >= 15 is 0 Å². The van der Waals surface area contributed by atoms with Crippen molar-refractivity contribution in [1.29, 1.82) is 0 Å². The molecule has 12 rings (SSSR count). The summed E-state index contributed by atoms with van der Waals surface area (Å²) in [5.74, 6) is 1.86. The number of hydrogen-bond acceptors (Lipinski definition) is 4. The van der Waals surface area contributed by atoms with Gasteiger partial charge in [-0.25, -0.2) is 15.0 Å². The van der Waals surface area contributed by atoms with Crippen LogP contribution in [-0.2, 0) is 5.41 Å². The highest BCUT2D eigenvalue weighted by molar-refractivity contribution is 6.14. The Morgan fingerprint density at radius 3 is 1.65 bits per heavy atom. The minimum atomic E-state index is -0.0303. The van der Waals surface area contributed by atoms with E-state index in [1.807, 2.05) is 72.8 Å². The number of hydrogen-bond donors (Lipinski definition) is 0. The first-order valence-electron chi connectivity index (χ1n) is 20.5. The van der Waals surface area contributed by atoms with Gasteiger partial charge < -0.3 is 4.42 Å². The van der Waals surface area contributed by atoms with Crippen molar-refractivity contribution < 1.29 is 4.42 Å². The molecule has 0 saturated heterocycles. The third-order valence-electron chi connectivity index (χ3n) is 12.5. The normalized spacial score (nSPS) is 13.0. The molecule has 60 heavy (non-hydrogen) atoms. The molecule has 0 amide bonds. The van der Waals surface area contributed by atoms with E-state index in [-0.39, 0.29) is 5.41 Å². The van der Waals surface area contributed by atoms with Crippen LogP contribution in [0.1, 0.15) is 25.0 Å². The summed E-state index contributed by atoms with van der Waals surface area (Å²) >= 11 is 0. The van der Waals surface area contributed by atoms with Crippen LogP contribution in [0.5, 0.6) is 0 Å². The van der Waals surface area contributed by atoms with Crippen molar-refractivity contribution in [2.24, 2.45) is 0 Å². The smallest absolute Gasteiger partial charge is 0.164 e. The molecule has 0 radical (unpaired) electrons. The highest BCUT2D eigenvalue weighted by Crippen LogP contribution is 2.52. The maximum absolute atomic E-state index is 6.48. The predicted octanol–water partition coefficient (Wildman–Crippen LogP) is 14.7. The van der Waals surface area contributed by atoms with Crippen molar-refractivity contribution in [2.45, 2.75) is 19.3 Å². The van der Waals surface area contributed by atoms with Crippen LogP contribution in [0.3, 0.4) is 0 Å². The molecule has 11 aromatic rings. The van der Waals surface area contributed by atoms with Gasteiger partial charge in [-0.1, -0.05) is 172 Å². The van der Waals surface area contributed by atoms with Crippen LogP contribution in [-0.4, -0.2) is 15.0 Å². The molecule has 4 nitrogen and oxygen atoms in total. The molecular formula is C56H37N3O. The zero-order valence-corrected chi connectivity index (χ0v) is 33.1. The molecule has 0 atom stereocenters. The molecule has 2 heterocycles. The number of aromatic nitrogens is 3. The number of furan rings is 1. The van der Waals surface area contributed by atoms with Gasteiger partial charge in [-0.2, -0.15) is 0 Å². The van der Waals surface area contributed by atoms with Crippen molar-refractivity contribution in [1.82, 2.24) is 15.0 Å². The van der Waals surface area contributed by atoms with E-state index in [2.05, 4.69) is 129 Å². The van der Waals surface area contributed by atoms with Gasteiger partial charge in [-0.15, -0.1) is 0 Å². The van der Waals surface area contributed by atoms with E-state index in [4.69, 9.17) is 19.4 Å². The molecule has 0 saturated carbocycles. The van der Waals surface area contributed by atoms with Crippen LogP contribution in [0.15, 0.2) is 192 Å². The largest absolute Gasteiger partial charge is 0.456 e. The molecule has 0 N–H and O–H groups in total. The lowest BCUT2D eigenvalue weighted by Crippen LogP contribution is -2.14. The van der Waals surface area contributed by atoms with Gasteiger partial charge in [-0.3, -0.25) is 0 Å². The van der Waals surface area contributed by atoms with E-state index < -0.39 is 0 Å². The Hall–Kier alpha value is -7.69. The molecule has 1 aliphatic rings. The van der Waals surface area contributed by atoms with Crippen molar-refractivity contribution in [3.63, 3.8) is 0 Å². The van der Waals surface area contributed by atoms with Crippen LogP contribution in [0.2, 0.25) is 0 Å². The Labute approximate surface area is 347 Å². The molecule has 9 aromatic carbocycles. The first kappa shape index (κ1) is 34.4. The highest BCUT2D eigenvalue weighted by atomic mass is 16.3. The molecule has 0 aliphatic heterocycles. The fourth-order valence-corrected chi connectivity index (χ4v) is 9.54. The minimum absolute atomic E-state index is 0.0303. The molecule has 0 spiro atoms. The second kappa shape index (κ2) is 13.2. The number of benzene rings is 9. The first-order chi connectivity index (χ1) is 29.5. The van der Waals surface area contributed by atoms with Gasteiger partial charge in [0.25, 0.3) is 0 Å². The number of rotatable bonds is 5. The molecule has 0 bridgehead atoms. The van der Waals surface area contributed by atoms with Crippen LogP contribution in [0.4, 0.5) is 0 Å². The van der Waals surface area contributed by atoms with E-state index in [1.165, 1.54) is 54.9 Å². The summed E-state index contributed by atoms with van der Waals surface area (Å²) in [6.07, 6.45) is 0. The molecule has 282 valence electrons. The molecule has 0 fully saturated rings. The van der Waals surface area contributed by atoms with Crippen LogP contribution >= 0.6 is 0 Å². The van der Waals surface area contributed by atoms with Crippen molar-refractivity contribution in [2.75, 3.05) is 0 Å². The molecule has 2 aromatic heterocycles. The zero-order valence-electron chi connectivity index (χ0n) is 33.1. The fraction of sp³-hybridized carbons (Fsp3) is 0.0536. The topological polar surface area (TPSA) is 51.8 Å². The van der Waals surface area contributed by atoms with Gasteiger partial charge in [0.05, 0.1) is 0 Å². The molecule has 1 aliphatic carbocycles. The summed E-state index contributed by atoms with van der Waals surface area (Å²) in [5, 5.41) is 6.93. The Balaban J connectivity index is 0.950. The number of fused-ring (bicyclic) bond motifs is 9. The maximum Gasteiger partial charge on any atom is 0.164 e. The van der Waals surface area contributed by atoms with E-state index in [0.29, 0.717) is 17.5 Å². The molecular weight excluding hydrogens is 731 g/mol. The Morgan fingerprint density at radius 2 is 0.917 bits per heavy atom. The third kappa shape index (κ3) is 5.34. The van der Waals surface area contributed by atoms with Gasteiger partial charge in [0.1, 0.15) is 11.2 Å². The third-order valence-corrected chi connectivity index (χ3v) is 12.5. The molecule has 4 heteroatoms. The van der Waals surface area contributed by atoms with Gasteiger partial charge in [0.15, 0.2) is 17.5 Å².